The summed E-state index contributed by atoms with van der Waals surface area (Å²) in [6.07, 6.45) is 4.15. The topological polar surface area (TPSA) is 39.1 Å². The third kappa shape index (κ3) is 4.78. The third-order valence-corrected chi connectivity index (χ3v) is 3.19. The van der Waals surface area contributed by atoms with Crippen LogP contribution in [-0.4, -0.2) is 36.6 Å². The lowest BCUT2D eigenvalue weighted by atomic mass is 9.99. The number of nitrogens with one attached hydrogen (secondary N) is 1. The van der Waals surface area contributed by atoms with Crippen molar-refractivity contribution in [2.45, 2.75) is 45.7 Å². The van der Waals surface area contributed by atoms with Gasteiger partial charge >= 0.3 is 0 Å². The number of rotatable bonds is 8. The van der Waals surface area contributed by atoms with Crippen LogP contribution in [0.5, 0.6) is 0 Å². The molecule has 4 heteroatoms. The molecule has 2 atom stereocenters. The van der Waals surface area contributed by atoms with Gasteiger partial charge in [0.15, 0.2) is 0 Å². The summed E-state index contributed by atoms with van der Waals surface area (Å²) in [7, 11) is 3.78. The van der Waals surface area contributed by atoms with Gasteiger partial charge in [0.25, 0.3) is 0 Å². The average molecular weight is 253 g/mol. The lowest BCUT2D eigenvalue weighted by molar-refractivity contribution is 0.150. The van der Waals surface area contributed by atoms with Crippen LogP contribution in [0.2, 0.25) is 0 Å². The van der Waals surface area contributed by atoms with Gasteiger partial charge in [-0.1, -0.05) is 6.92 Å². The predicted octanol–water partition coefficient (Wildman–Crippen LogP) is 2.27. The van der Waals surface area contributed by atoms with Crippen LogP contribution in [0.25, 0.3) is 0 Å². The lowest BCUT2D eigenvalue weighted by Crippen LogP contribution is -2.30. The summed E-state index contributed by atoms with van der Waals surface area (Å²) in [6, 6.07) is 3.01. The maximum absolute atomic E-state index is 5.19. The van der Waals surface area contributed by atoms with Gasteiger partial charge < -0.3 is 10.1 Å². The first-order valence-electron chi connectivity index (χ1n) is 6.77. The molecule has 18 heavy (non-hydrogen) atoms. The Balaban J connectivity index is 2.51. The molecule has 1 aromatic rings. The fraction of sp³-hybridized carbons (Fsp3) is 0.786. The molecule has 0 spiro atoms. The number of hydrogen-bond donors (Lipinski definition) is 1. The number of likely N-dealkylation sites (N-methyl/N-ethyl adjacent to an activating group) is 1. The van der Waals surface area contributed by atoms with Crippen molar-refractivity contribution in [1.82, 2.24) is 15.1 Å². The highest BCUT2D eigenvalue weighted by Gasteiger charge is 2.14. The number of methoxy groups -OCH3 is 1. The zero-order valence-corrected chi connectivity index (χ0v) is 12.3. The van der Waals surface area contributed by atoms with Gasteiger partial charge in [-0.3, -0.25) is 4.68 Å². The highest BCUT2D eigenvalue weighted by atomic mass is 16.5. The molecular weight excluding hydrogens is 226 g/mol. The van der Waals surface area contributed by atoms with Gasteiger partial charge in [-0.25, -0.2) is 0 Å². The van der Waals surface area contributed by atoms with Gasteiger partial charge in [0.2, 0.25) is 0 Å². The molecule has 1 rings (SSSR count). The normalized spacial score (nSPS) is 15.0. The Morgan fingerprint density at radius 2 is 2.11 bits per heavy atom. The van der Waals surface area contributed by atoms with Crippen LogP contribution in [0.4, 0.5) is 0 Å². The van der Waals surface area contributed by atoms with E-state index in [0.29, 0.717) is 18.0 Å². The molecule has 0 aliphatic heterocycles. The van der Waals surface area contributed by atoms with Gasteiger partial charge in [0, 0.05) is 38.4 Å². The Morgan fingerprint density at radius 1 is 1.39 bits per heavy atom. The van der Waals surface area contributed by atoms with E-state index < -0.39 is 0 Å². The second-order valence-electron chi connectivity index (χ2n) is 5.37. The second-order valence-corrected chi connectivity index (χ2v) is 5.37. The van der Waals surface area contributed by atoms with Crippen LogP contribution < -0.4 is 5.32 Å². The molecule has 0 amide bonds. The van der Waals surface area contributed by atoms with Crippen molar-refractivity contribution < 1.29 is 4.74 Å². The van der Waals surface area contributed by atoms with Crippen molar-refractivity contribution in [3.8, 4) is 0 Å². The molecule has 1 aromatic heterocycles. The van der Waals surface area contributed by atoms with Crippen molar-refractivity contribution in [3.05, 3.63) is 18.0 Å². The summed E-state index contributed by atoms with van der Waals surface area (Å²) < 4.78 is 7.20. The molecule has 0 aliphatic rings. The van der Waals surface area contributed by atoms with E-state index in [-0.39, 0.29) is 0 Å². The predicted molar refractivity (Wildman–Crippen MR) is 74.8 cm³/mol. The zero-order chi connectivity index (χ0) is 13.5. The Hall–Kier alpha value is -0.870. The van der Waals surface area contributed by atoms with Gasteiger partial charge in [-0.15, -0.1) is 0 Å². The summed E-state index contributed by atoms with van der Waals surface area (Å²) in [5.74, 6) is 0.569. The van der Waals surface area contributed by atoms with E-state index in [1.54, 1.807) is 7.11 Å². The van der Waals surface area contributed by atoms with Crippen molar-refractivity contribution in [1.29, 1.82) is 0 Å². The van der Waals surface area contributed by atoms with E-state index in [1.165, 1.54) is 0 Å². The highest BCUT2D eigenvalue weighted by molar-refractivity contribution is 5.02. The smallest absolute Gasteiger partial charge is 0.0640 e. The fourth-order valence-electron chi connectivity index (χ4n) is 2.17. The molecule has 104 valence electrons. The van der Waals surface area contributed by atoms with Crippen LogP contribution in [0, 0.1) is 5.92 Å². The standard InChI is InChI=1S/C14H27N3O/c1-11(2)17-7-6-13(16-17)9-14(15-4)8-12(3)10-18-5/h6-7,11-12,14-15H,8-10H2,1-5H3. The summed E-state index contributed by atoms with van der Waals surface area (Å²) in [6.45, 7) is 7.33. The van der Waals surface area contributed by atoms with Gasteiger partial charge in [-0.2, -0.15) is 5.10 Å². The molecule has 1 heterocycles. The molecule has 0 bridgehead atoms. The van der Waals surface area contributed by atoms with Crippen molar-refractivity contribution in [2.24, 2.45) is 5.92 Å². The van der Waals surface area contributed by atoms with E-state index >= 15 is 0 Å². The number of ether oxygens (including phenoxy) is 1. The van der Waals surface area contributed by atoms with Gasteiger partial charge in [0.05, 0.1) is 5.69 Å². The van der Waals surface area contributed by atoms with E-state index in [1.807, 2.05) is 11.7 Å². The largest absolute Gasteiger partial charge is 0.384 e. The van der Waals surface area contributed by atoms with E-state index in [9.17, 15) is 0 Å². The Labute approximate surface area is 111 Å². The minimum absolute atomic E-state index is 0.430. The van der Waals surface area contributed by atoms with Crippen LogP contribution in [0.1, 0.15) is 38.9 Å². The van der Waals surface area contributed by atoms with Crippen molar-refractivity contribution in [2.75, 3.05) is 20.8 Å². The lowest BCUT2D eigenvalue weighted by Gasteiger charge is -2.19. The number of aromatic nitrogens is 2. The Morgan fingerprint density at radius 3 is 2.61 bits per heavy atom. The Kier molecular flexibility index (Phi) is 6.36. The van der Waals surface area contributed by atoms with E-state index in [0.717, 1.165) is 25.1 Å². The molecule has 4 nitrogen and oxygen atoms in total. The van der Waals surface area contributed by atoms with E-state index in [2.05, 4.69) is 43.4 Å². The molecule has 0 radical (unpaired) electrons. The number of nitrogens with zero attached hydrogens (tertiary/aromatic N) is 2. The molecule has 0 aliphatic carbocycles. The first-order valence-corrected chi connectivity index (χ1v) is 6.77. The monoisotopic (exact) mass is 253 g/mol. The first kappa shape index (κ1) is 15.2. The van der Waals surface area contributed by atoms with E-state index in [4.69, 9.17) is 4.74 Å². The second kappa shape index (κ2) is 7.54. The Bertz CT molecular complexity index is 336. The summed E-state index contributed by atoms with van der Waals surface area (Å²) in [5, 5.41) is 7.97. The maximum Gasteiger partial charge on any atom is 0.0640 e. The zero-order valence-electron chi connectivity index (χ0n) is 12.3. The molecule has 0 saturated carbocycles. The van der Waals surface area contributed by atoms with Crippen LogP contribution >= 0.6 is 0 Å². The SMILES string of the molecule is CNC(Cc1ccn(C(C)C)n1)CC(C)COC. The van der Waals surface area contributed by atoms with Gasteiger partial charge in [-0.05, 0) is 39.3 Å². The molecular formula is C14H27N3O. The van der Waals surface area contributed by atoms with Crippen molar-refractivity contribution in [3.63, 3.8) is 0 Å². The summed E-state index contributed by atoms with van der Waals surface area (Å²) in [4.78, 5) is 0. The highest BCUT2D eigenvalue weighted by Crippen LogP contribution is 2.12. The van der Waals surface area contributed by atoms with Crippen molar-refractivity contribution >= 4 is 0 Å². The molecule has 1 N–H and O–H groups in total. The van der Waals surface area contributed by atoms with Gasteiger partial charge in [0.1, 0.15) is 0 Å². The third-order valence-electron chi connectivity index (χ3n) is 3.19. The van der Waals surface area contributed by atoms with Crippen LogP contribution in [0.15, 0.2) is 12.3 Å². The first-order chi connectivity index (χ1) is 8.56. The van der Waals surface area contributed by atoms with Crippen LogP contribution in [0.3, 0.4) is 0 Å². The molecule has 2 unspecified atom stereocenters. The molecule has 0 aromatic carbocycles. The number of hydrogen-bond acceptors (Lipinski definition) is 3. The molecule has 0 saturated heterocycles. The molecule has 0 fully saturated rings. The van der Waals surface area contributed by atoms with Crippen LogP contribution in [-0.2, 0) is 11.2 Å². The fourth-order valence-corrected chi connectivity index (χ4v) is 2.17. The summed E-state index contributed by atoms with van der Waals surface area (Å²) >= 11 is 0. The maximum atomic E-state index is 5.19. The quantitative estimate of drug-likeness (QED) is 0.772. The summed E-state index contributed by atoms with van der Waals surface area (Å²) in [5.41, 5.74) is 1.16. The minimum Gasteiger partial charge on any atom is -0.384 e. The minimum atomic E-state index is 0.430. The average Bonchev–Trinajstić information content (AvgIpc) is 2.77.